The molecule has 1 aromatic heterocycles. The lowest BCUT2D eigenvalue weighted by Crippen LogP contribution is -2.24. The Bertz CT molecular complexity index is 1210. The van der Waals surface area contributed by atoms with E-state index < -0.39 is 0 Å². The minimum Gasteiger partial charge on any atom is -0.484 e. The summed E-state index contributed by atoms with van der Waals surface area (Å²) >= 11 is 0. The Morgan fingerprint density at radius 3 is 2.22 bits per heavy atom. The first-order valence-corrected chi connectivity index (χ1v) is 10.5. The van der Waals surface area contributed by atoms with Gasteiger partial charge in [-0.05, 0) is 55.3 Å². The van der Waals surface area contributed by atoms with Crippen LogP contribution in [-0.4, -0.2) is 23.3 Å². The zero-order chi connectivity index (χ0) is 22.3. The smallest absolute Gasteiger partial charge is 0.277 e. The summed E-state index contributed by atoms with van der Waals surface area (Å²) < 4.78 is 7.73. The molecule has 5 heteroatoms. The minimum absolute atomic E-state index is 0.106. The topological polar surface area (TPSA) is 55.6 Å². The molecule has 5 nitrogen and oxygen atoms in total. The van der Waals surface area contributed by atoms with Gasteiger partial charge >= 0.3 is 0 Å². The Kier molecular flexibility index (Phi) is 6.46. The van der Waals surface area contributed by atoms with Crippen LogP contribution in [0.3, 0.4) is 0 Å². The van der Waals surface area contributed by atoms with Crippen molar-refractivity contribution in [2.24, 2.45) is 5.10 Å². The molecule has 1 N–H and O–H groups in total. The largest absolute Gasteiger partial charge is 0.484 e. The number of aromatic nitrogens is 1. The number of carbonyl (C=O) groups excluding carboxylic acids is 1. The molecule has 0 bridgehead atoms. The monoisotopic (exact) mass is 423 g/mol. The lowest BCUT2D eigenvalue weighted by molar-refractivity contribution is -0.123. The van der Waals surface area contributed by atoms with Crippen molar-refractivity contribution in [1.29, 1.82) is 0 Å². The molecule has 0 saturated carbocycles. The van der Waals surface area contributed by atoms with Crippen LogP contribution < -0.4 is 10.2 Å². The molecule has 0 saturated heterocycles. The summed E-state index contributed by atoms with van der Waals surface area (Å²) in [5.74, 6) is 0.320. The fourth-order valence-electron chi connectivity index (χ4n) is 3.62. The van der Waals surface area contributed by atoms with Gasteiger partial charge in [0.1, 0.15) is 5.75 Å². The zero-order valence-electron chi connectivity index (χ0n) is 18.2. The molecular formula is C27H25N3O2. The summed E-state index contributed by atoms with van der Waals surface area (Å²) in [7, 11) is 0. The molecule has 0 unspecified atom stereocenters. The first-order chi connectivity index (χ1) is 15.6. The number of nitrogens with zero attached hydrogens (tertiary/aromatic N) is 2. The fourth-order valence-corrected chi connectivity index (χ4v) is 3.62. The van der Waals surface area contributed by atoms with Crippen LogP contribution in [0.25, 0.3) is 16.8 Å². The Morgan fingerprint density at radius 1 is 0.906 bits per heavy atom. The maximum Gasteiger partial charge on any atom is 0.277 e. The maximum absolute atomic E-state index is 12.1. The number of para-hydroxylation sites is 1. The molecule has 1 amide bonds. The highest BCUT2D eigenvalue weighted by Gasteiger charge is 2.09. The van der Waals surface area contributed by atoms with Gasteiger partial charge < -0.3 is 9.30 Å². The molecule has 0 aliphatic heterocycles. The fraction of sp³-hybridized carbons (Fsp3) is 0.111. The normalized spacial score (nSPS) is 10.9. The highest BCUT2D eigenvalue weighted by molar-refractivity contribution is 5.84. The number of amides is 1. The van der Waals surface area contributed by atoms with E-state index >= 15 is 0 Å². The summed E-state index contributed by atoms with van der Waals surface area (Å²) in [5.41, 5.74) is 8.97. The molecule has 32 heavy (non-hydrogen) atoms. The highest BCUT2D eigenvalue weighted by Crippen LogP contribution is 2.22. The van der Waals surface area contributed by atoms with Crippen molar-refractivity contribution in [3.63, 3.8) is 0 Å². The van der Waals surface area contributed by atoms with Gasteiger partial charge in [-0.1, -0.05) is 60.7 Å². The van der Waals surface area contributed by atoms with E-state index in [1.54, 1.807) is 6.21 Å². The van der Waals surface area contributed by atoms with E-state index in [2.05, 4.69) is 39.4 Å². The Labute approximate surface area is 188 Å². The number of benzene rings is 3. The van der Waals surface area contributed by atoms with Crippen LogP contribution in [0.2, 0.25) is 0 Å². The predicted molar refractivity (Wildman–Crippen MR) is 128 cm³/mol. The van der Waals surface area contributed by atoms with Crippen molar-refractivity contribution in [3.8, 4) is 22.6 Å². The van der Waals surface area contributed by atoms with Crippen molar-refractivity contribution in [2.75, 3.05) is 6.61 Å². The summed E-state index contributed by atoms with van der Waals surface area (Å²) in [6, 6.07) is 30.0. The summed E-state index contributed by atoms with van der Waals surface area (Å²) in [6.45, 7) is 3.98. The average Bonchev–Trinajstić information content (AvgIpc) is 3.12. The van der Waals surface area contributed by atoms with Gasteiger partial charge in [-0.3, -0.25) is 4.79 Å². The highest BCUT2D eigenvalue weighted by atomic mass is 16.5. The summed E-state index contributed by atoms with van der Waals surface area (Å²) in [5, 5.41) is 4.10. The second kappa shape index (κ2) is 9.79. The average molecular weight is 424 g/mol. The molecule has 0 fully saturated rings. The van der Waals surface area contributed by atoms with Gasteiger partial charge in [0.15, 0.2) is 6.61 Å². The Balaban J connectivity index is 1.32. The van der Waals surface area contributed by atoms with Gasteiger partial charge in [0.25, 0.3) is 5.91 Å². The summed E-state index contributed by atoms with van der Waals surface area (Å²) in [4.78, 5) is 12.1. The van der Waals surface area contributed by atoms with Crippen molar-refractivity contribution in [3.05, 3.63) is 108 Å². The van der Waals surface area contributed by atoms with E-state index in [9.17, 15) is 4.79 Å². The van der Waals surface area contributed by atoms with Crippen molar-refractivity contribution in [2.45, 2.75) is 13.8 Å². The van der Waals surface area contributed by atoms with Crippen LogP contribution in [-0.2, 0) is 4.79 Å². The molecule has 0 radical (unpaired) electrons. The zero-order valence-corrected chi connectivity index (χ0v) is 18.2. The second-order valence-electron chi connectivity index (χ2n) is 7.47. The number of aryl methyl sites for hydroxylation is 1. The van der Waals surface area contributed by atoms with Gasteiger partial charge in [0, 0.05) is 22.6 Å². The quantitative estimate of drug-likeness (QED) is 0.324. The molecule has 4 rings (SSSR count). The molecule has 0 atom stereocenters. The SMILES string of the molecule is Cc1cc(/C=N/NC(=O)COc2ccc(-c3ccccc3)cc2)c(C)n1-c1ccccc1. The molecule has 160 valence electrons. The van der Waals surface area contributed by atoms with Crippen LogP contribution in [0.5, 0.6) is 5.75 Å². The van der Waals surface area contributed by atoms with E-state index in [4.69, 9.17) is 4.74 Å². The molecule has 0 aliphatic rings. The van der Waals surface area contributed by atoms with Gasteiger partial charge in [0.05, 0.1) is 6.21 Å². The van der Waals surface area contributed by atoms with Crippen molar-refractivity contribution >= 4 is 12.1 Å². The van der Waals surface area contributed by atoms with Crippen LogP contribution in [0, 0.1) is 13.8 Å². The number of ether oxygens (including phenoxy) is 1. The van der Waals surface area contributed by atoms with E-state index in [0.29, 0.717) is 5.75 Å². The van der Waals surface area contributed by atoms with E-state index in [0.717, 1.165) is 33.8 Å². The minimum atomic E-state index is -0.315. The predicted octanol–water partition coefficient (Wildman–Crippen LogP) is 5.29. The van der Waals surface area contributed by atoms with Gasteiger partial charge in [0.2, 0.25) is 0 Å². The number of hydrogen-bond acceptors (Lipinski definition) is 3. The third kappa shape index (κ3) is 4.95. The van der Waals surface area contributed by atoms with Crippen LogP contribution in [0.15, 0.2) is 96.1 Å². The number of nitrogens with one attached hydrogen (secondary N) is 1. The van der Waals surface area contributed by atoms with Gasteiger partial charge in [-0.15, -0.1) is 0 Å². The summed E-state index contributed by atoms with van der Waals surface area (Å²) in [6.07, 6.45) is 1.66. The lowest BCUT2D eigenvalue weighted by Gasteiger charge is -2.09. The van der Waals surface area contributed by atoms with Gasteiger partial charge in [-0.25, -0.2) is 5.43 Å². The molecular weight excluding hydrogens is 398 g/mol. The first kappa shape index (κ1) is 21.1. The molecule has 0 spiro atoms. The first-order valence-electron chi connectivity index (χ1n) is 10.5. The third-order valence-electron chi connectivity index (χ3n) is 5.21. The van der Waals surface area contributed by atoms with Crippen LogP contribution in [0.4, 0.5) is 0 Å². The Morgan fingerprint density at radius 2 is 1.53 bits per heavy atom. The molecule has 3 aromatic carbocycles. The Hall–Kier alpha value is -4.12. The van der Waals surface area contributed by atoms with E-state index in [1.807, 2.05) is 80.6 Å². The molecule has 1 heterocycles. The molecule has 4 aromatic rings. The number of rotatable bonds is 7. The van der Waals surface area contributed by atoms with Crippen LogP contribution >= 0.6 is 0 Å². The van der Waals surface area contributed by atoms with Gasteiger partial charge in [-0.2, -0.15) is 5.10 Å². The number of hydrogen-bond donors (Lipinski definition) is 1. The standard InChI is InChI=1S/C27H25N3O2/c1-20-17-24(21(2)30(20)25-11-7-4-8-12-25)18-28-29-27(31)19-32-26-15-13-23(14-16-26)22-9-5-3-6-10-22/h3-18H,19H2,1-2H3,(H,29,31)/b28-18+. The van der Waals surface area contributed by atoms with Crippen molar-refractivity contribution in [1.82, 2.24) is 9.99 Å². The maximum atomic E-state index is 12.1. The number of hydrazone groups is 1. The lowest BCUT2D eigenvalue weighted by atomic mass is 10.1. The second-order valence-corrected chi connectivity index (χ2v) is 7.47. The van der Waals surface area contributed by atoms with E-state index in [1.165, 1.54) is 0 Å². The molecule has 0 aliphatic carbocycles. The van der Waals surface area contributed by atoms with Crippen LogP contribution in [0.1, 0.15) is 17.0 Å². The number of carbonyl (C=O) groups is 1. The third-order valence-corrected chi connectivity index (χ3v) is 5.21. The van der Waals surface area contributed by atoms with Crippen molar-refractivity contribution < 1.29 is 9.53 Å². The van der Waals surface area contributed by atoms with E-state index in [-0.39, 0.29) is 12.5 Å².